The Kier molecular flexibility index (Phi) is 4.91. The normalized spacial score (nSPS) is 19.8. The standard InChI is InChI=1S/C16H24N4O2S/c1-15(2)9-11(10-16(3,4)19-15)17-14(23)18-12-7-5-6-8-13(12)20(21)22/h5-8,11,19H,9-10H2,1-4H3,(H2,17,18,23). The van der Waals surface area contributed by atoms with E-state index in [9.17, 15) is 10.1 Å². The molecule has 1 heterocycles. The molecule has 6 nitrogen and oxygen atoms in total. The van der Waals surface area contributed by atoms with Crippen molar-refractivity contribution < 1.29 is 4.92 Å². The average molecular weight is 336 g/mol. The van der Waals surface area contributed by atoms with Gasteiger partial charge in [0.25, 0.3) is 5.69 Å². The fraction of sp³-hybridized carbons (Fsp3) is 0.562. The van der Waals surface area contributed by atoms with E-state index in [2.05, 4.69) is 43.6 Å². The Hall–Kier alpha value is -1.73. The first kappa shape index (κ1) is 17.6. The number of hydrogen-bond acceptors (Lipinski definition) is 4. The van der Waals surface area contributed by atoms with Crippen LogP contribution >= 0.6 is 12.2 Å². The van der Waals surface area contributed by atoms with Gasteiger partial charge in [-0.25, -0.2) is 0 Å². The smallest absolute Gasteiger partial charge is 0.292 e. The summed E-state index contributed by atoms with van der Waals surface area (Å²) in [5.74, 6) is 0. The van der Waals surface area contributed by atoms with Crippen molar-refractivity contribution in [3.8, 4) is 0 Å². The molecule has 3 N–H and O–H groups in total. The fourth-order valence-electron chi connectivity index (χ4n) is 3.51. The second-order valence-electron chi connectivity index (χ2n) is 7.37. The van der Waals surface area contributed by atoms with Gasteiger partial charge < -0.3 is 16.0 Å². The SMILES string of the molecule is CC1(C)CC(NC(=S)Nc2ccccc2[N+](=O)[O-])CC(C)(C)N1. The van der Waals surface area contributed by atoms with Crippen LogP contribution in [0.2, 0.25) is 0 Å². The van der Waals surface area contributed by atoms with Gasteiger partial charge in [0.05, 0.1) is 4.92 Å². The van der Waals surface area contributed by atoms with Gasteiger partial charge in [-0.3, -0.25) is 10.1 Å². The maximum absolute atomic E-state index is 11.1. The summed E-state index contributed by atoms with van der Waals surface area (Å²) in [4.78, 5) is 10.6. The van der Waals surface area contributed by atoms with Gasteiger partial charge in [0.1, 0.15) is 5.69 Å². The van der Waals surface area contributed by atoms with Crippen molar-refractivity contribution in [2.24, 2.45) is 0 Å². The molecule has 23 heavy (non-hydrogen) atoms. The highest BCUT2D eigenvalue weighted by Crippen LogP contribution is 2.29. The molecule has 0 spiro atoms. The van der Waals surface area contributed by atoms with Crippen molar-refractivity contribution in [1.82, 2.24) is 10.6 Å². The summed E-state index contributed by atoms with van der Waals surface area (Å²) in [6.07, 6.45) is 1.85. The van der Waals surface area contributed by atoms with Crippen LogP contribution in [0.5, 0.6) is 0 Å². The zero-order chi connectivity index (χ0) is 17.3. The van der Waals surface area contributed by atoms with Crippen LogP contribution in [-0.2, 0) is 0 Å². The van der Waals surface area contributed by atoms with E-state index in [-0.39, 0.29) is 22.8 Å². The van der Waals surface area contributed by atoms with E-state index in [1.807, 2.05) is 0 Å². The van der Waals surface area contributed by atoms with Crippen molar-refractivity contribution in [3.63, 3.8) is 0 Å². The van der Waals surface area contributed by atoms with E-state index in [1.165, 1.54) is 6.07 Å². The summed E-state index contributed by atoms with van der Waals surface area (Å²) in [6.45, 7) is 8.67. The van der Waals surface area contributed by atoms with Gasteiger partial charge in [0.2, 0.25) is 0 Å². The summed E-state index contributed by atoms with van der Waals surface area (Å²) >= 11 is 5.35. The van der Waals surface area contributed by atoms with Crippen LogP contribution in [0.3, 0.4) is 0 Å². The molecule has 0 atom stereocenters. The lowest BCUT2D eigenvalue weighted by molar-refractivity contribution is -0.383. The van der Waals surface area contributed by atoms with E-state index < -0.39 is 4.92 Å². The molecule has 1 aromatic rings. The largest absolute Gasteiger partial charge is 0.360 e. The molecular formula is C16H24N4O2S. The number of para-hydroxylation sites is 2. The van der Waals surface area contributed by atoms with Crippen LogP contribution in [0.1, 0.15) is 40.5 Å². The molecule has 7 heteroatoms. The highest BCUT2D eigenvalue weighted by atomic mass is 32.1. The third-order valence-corrected chi connectivity index (χ3v) is 4.09. The van der Waals surface area contributed by atoms with Gasteiger partial charge in [-0.05, 0) is 58.8 Å². The number of hydrogen-bond donors (Lipinski definition) is 3. The topological polar surface area (TPSA) is 79.2 Å². The summed E-state index contributed by atoms with van der Waals surface area (Å²) in [6, 6.07) is 6.71. The van der Waals surface area contributed by atoms with E-state index in [0.717, 1.165) is 12.8 Å². The Labute approximate surface area is 142 Å². The lowest BCUT2D eigenvalue weighted by Gasteiger charge is -2.46. The highest BCUT2D eigenvalue weighted by molar-refractivity contribution is 7.80. The minimum atomic E-state index is -0.415. The van der Waals surface area contributed by atoms with E-state index in [4.69, 9.17) is 12.2 Å². The Morgan fingerprint density at radius 3 is 2.39 bits per heavy atom. The van der Waals surface area contributed by atoms with Crippen LogP contribution in [0.4, 0.5) is 11.4 Å². The second-order valence-corrected chi connectivity index (χ2v) is 7.78. The van der Waals surface area contributed by atoms with E-state index >= 15 is 0 Å². The predicted octanol–water partition coefficient (Wildman–Crippen LogP) is 3.19. The lowest BCUT2D eigenvalue weighted by Crippen LogP contribution is -2.62. The predicted molar refractivity (Wildman–Crippen MR) is 96.8 cm³/mol. The first-order valence-corrected chi connectivity index (χ1v) is 8.09. The number of nitrogens with zero attached hydrogens (tertiary/aromatic N) is 1. The van der Waals surface area contributed by atoms with Crippen LogP contribution in [0.25, 0.3) is 0 Å². The minimum Gasteiger partial charge on any atom is -0.360 e. The average Bonchev–Trinajstić information content (AvgIpc) is 2.34. The van der Waals surface area contributed by atoms with Crippen molar-refractivity contribution >= 4 is 28.7 Å². The van der Waals surface area contributed by atoms with Gasteiger partial charge in [0, 0.05) is 23.2 Å². The lowest BCUT2D eigenvalue weighted by atomic mass is 9.80. The van der Waals surface area contributed by atoms with Gasteiger partial charge in [-0.1, -0.05) is 12.1 Å². The zero-order valence-electron chi connectivity index (χ0n) is 14.0. The monoisotopic (exact) mass is 336 g/mol. The molecule has 1 aliphatic heterocycles. The molecule has 1 aliphatic rings. The number of benzene rings is 1. The summed E-state index contributed by atoms with van der Waals surface area (Å²) in [7, 11) is 0. The molecule has 1 aromatic carbocycles. The molecule has 0 aromatic heterocycles. The van der Waals surface area contributed by atoms with Gasteiger partial charge in [0.15, 0.2) is 5.11 Å². The van der Waals surface area contributed by atoms with Crippen molar-refractivity contribution in [3.05, 3.63) is 34.4 Å². The molecule has 1 fully saturated rings. The van der Waals surface area contributed by atoms with E-state index in [1.54, 1.807) is 18.2 Å². The highest BCUT2D eigenvalue weighted by Gasteiger charge is 2.37. The first-order chi connectivity index (χ1) is 10.6. The van der Waals surface area contributed by atoms with Gasteiger partial charge in [-0.15, -0.1) is 0 Å². The molecule has 0 bridgehead atoms. The third-order valence-electron chi connectivity index (χ3n) is 3.87. The fourth-order valence-corrected chi connectivity index (χ4v) is 3.78. The van der Waals surface area contributed by atoms with Gasteiger partial charge in [-0.2, -0.15) is 0 Å². The summed E-state index contributed by atoms with van der Waals surface area (Å²) in [5, 5.41) is 21.3. The maximum Gasteiger partial charge on any atom is 0.292 e. The maximum atomic E-state index is 11.1. The quantitative estimate of drug-likeness (QED) is 0.447. The number of rotatable bonds is 3. The molecule has 0 radical (unpaired) electrons. The van der Waals surface area contributed by atoms with Crippen molar-refractivity contribution in [2.45, 2.75) is 57.7 Å². The zero-order valence-corrected chi connectivity index (χ0v) is 14.8. The van der Waals surface area contributed by atoms with E-state index in [0.29, 0.717) is 10.8 Å². The Morgan fingerprint density at radius 1 is 1.26 bits per heavy atom. The summed E-state index contributed by atoms with van der Waals surface area (Å²) in [5.41, 5.74) is 0.437. The number of nitro groups is 1. The van der Waals surface area contributed by atoms with Crippen molar-refractivity contribution in [2.75, 3.05) is 5.32 Å². The molecular weight excluding hydrogens is 312 g/mol. The molecule has 0 saturated carbocycles. The minimum absolute atomic E-state index is 0.00771. The van der Waals surface area contributed by atoms with Gasteiger partial charge >= 0.3 is 0 Å². The Bertz CT molecular complexity index is 600. The number of anilines is 1. The van der Waals surface area contributed by atoms with Crippen LogP contribution < -0.4 is 16.0 Å². The third kappa shape index (κ3) is 4.87. The molecule has 126 valence electrons. The van der Waals surface area contributed by atoms with Crippen LogP contribution in [0.15, 0.2) is 24.3 Å². The molecule has 0 unspecified atom stereocenters. The van der Waals surface area contributed by atoms with Crippen LogP contribution in [-0.4, -0.2) is 27.2 Å². The number of nitro benzene ring substituents is 1. The molecule has 2 rings (SSSR count). The number of piperidine rings is 1. The van der Waals surface area contributed by atoms with Crippen molar-refractivity contribution in [1.29, 1.82) is 0 Å². The number of nitrogens with one attached hydrogen (secondary N) is 3. The van der Waals surface area contributed by atoms with Crippen LogP contribution in [0, 0.1) is 10.1 Å². The number of thiocarbonyl (C=S) groups is 1. The Morgan fingerprint density at radius 2 is 1.83 bits per heavy atom. The Balaban J connectivity index is 2.04. The molecule has 1 saturated heterocycles. The molecule has 0 aliphatic carbocycles. The first-order valence-electron chi connectivity index (χ1n) is 7.68. The summed E-state index contributed by atoms with van der Waals surface area (Å²) < 4.78 is 0. The second kappa shape index (κ2) is 6.41. The molecule has 0 amide bonds.